The smallest absolute Gasteiger partial charge is 0.254 e. The number of hydrogen-bond acceptors (Lipinski definition) is 3. The van der Waals surface area contributed by atoms with Crippen LogP contribution in [0.4, 0.5) is 0 Å². The molecule has 1 N–H and O–H groups in total. The molecule has 1 aliphatic rings. The number of carbonyl (C=O) groups excluding carboxylic acids is 1. The number of phenols is 1. The minimum absolute atomic E-state index is 0.0648. The zero-order valence-electron chi connectivity index (χ0n) is 9.47. The number of nitriles is 1. The molecule has 0 saturated carbocycles. The Morgan fingerprint density at radius 1 is 1.53 bits per heavy atom. The highest BCUT2D eigenvalue weighted by atomic mass is 16.3. The average molecular weight is 230 g/mol. The van der Waals surface area contributed by atoms with Crippen LogP contribution in [-0.4, -0.2) is 29.0 Å². The second kappa shape index (κ2) is 4.88. The second-order valence-electron chi connectivity index (χ2n) is 4.27. The molecule has 1 aromatic carbocycles. The zero-order chi connectivity index (χ0) is 12.3. The van der Waals surface area contributed by atoms with Crippen LogP contribution in [0.2, 0.25) is 0 Å². The number of aromatic hydroxyl groups is 1. The van der Waals surface area contributed by atoms with Gasteiger partial charge in [-0.15, -0.1) is 0 Å². The van der Waals surface area contributed by atoms with E-state index < -0.39 is 0 Å². The lowest BCUT2D eigenvalue weighted by Gasteiger charge is -2.29. The quantitative estimate of drug-likeness (QED) is 0.799. The molecule has 1 aromatic rings. The molecular weight excluding hydrogens is 216 g/mol. The molecule has 1 fully saturated rings. The van der Waals surface area contributed by atoms with Crippen molar-refractivity contribution in [2.45, 2.75) is 12.8 Å². The van der Waals surface area contributed by atoms with E-state index in [1.54, 1.807) is 17.0 Å². The molecule has 1 aliphatic heterocycles. The van der Waals surface area contributed by atoms with Crippen molar-refractivity contribution < 1.29 is 9.90 Å². The summed E-state index contributed by atoms with van der Waals surface area (Å²) in [4.78, 5) is 13.8. The van der Waals surface area contributed by atoms with E-state index in [-0.39, 0.29) is 17.6 Å². The summed E-state index contributed by atoms with van der Waals surface area (Å²) in [5.41, 5.74) is 0.476. The molecule has 17 heavy (non-hydrogen) atoms. The first-order chi connectivity index (χ1) is 8.20. The van der Waals surface area contributed by atoms with Gasteiger partial charge in [0.1, 0.15) is 5.75 Å². The number of amides is 1. The molecule has 0 aliphatic carbocycles. The maximum atomic E-state index is 12.1. The first kappa shape index (κ1) is 11.5. The molecule has 1 heterocycles. The Bertz CT molecular complexity index is 465. The van der Waals surface area contributed by atoms with Crippen LogP contribution in [0.5, 0.6) is 5.75 Å². The third-order valence-electron chi connectivity index (χ3n) is 2.98. The van der Waals surface area contributed by atoms with Gasteiger partial charge in [0, 0.05) is 18.7 Å². The molecule has 1 amide bonds. The van der Waals surface area contributed by atoms with Gasteiger partial charge in [-0.25, -0.2) is 0 Å². The van der Waals surface area contributed by atoms with Crippen LogP contribution >= 0.6 is 0 Å². The predicted octanol–water partition coefficient (Wildman–Crippen LogP) is 1.77. The lowest BCUT2D eigenvalue weighted by molar-refractivity contribution is 0.0698. The highest BCUT2D eigenvalue weighted by Crippen LogP contribution is 2.19. The predicted molar refractivity (Wildman–Crippen MR) is 62.3 cm³/mol. The Balaban J connectivity index is 2.12. The number of rotatable bonds is 1. The van der Waals surface area contributed by atoms with Crippen molar-refractivity contribution in [1.82, 2.24) is 4.90 Å². The van der Waals surface area contributed by atoms with Crippen LogP contribution in [0.3, 0.4) is 0 Å². The summed E-state index contributed by atoms with van der Waals surface area (Å²) in [6.07, 6.45) is 1.73. The Labute approximate surface area is 100 Å². The van der Waals surface area contributed by atoms with E-state index in [9.17, 15) is 9.90 Å². The van der Waals surface area contributed by atoms with Crippen molar-refractivity contribution in [3.8, 4) is 11.8 Å². The van der Waals surface area contributed by atoms with Gasteiger partial charge in [0.15, 0.2) is 0 Å². The molecular formula is C13H14N2O2. The number of hydrogen-bond donors (Lipinski definition) is 1. The number of likely N-dealkylation sites (tertiary alicyclic amines) is 1. The van der Waals surface area contributed by atoms with Crippen LogP contribution in [-0.2, 0) is 0 Å². The molecule has 1 unspecified atom stereocenters. The normalized spacial score (nSPS) is 19.7. The Kier molecular flexibility index (Phi) is 3.29. The van der Waals surface area contributed by atoms with Crippen molar-refractivity contribution in [2.75, 3.05) is 13.1 Å². The summed E-state index contributed by atoms with van der Waals surface area (Å²) in [6.45, 7) is 1.18. The monoisotopic (exact) mass is 230 g/mol. The molecule has 0 spiro atoms. The van der Waals surface area contributed by atoms with Gasteiger partial charge in [-0.05, 0) is 31.0 Å². The van der Waals surface area contributed by atoms with Gasteiger partial charge in [-0.1, -0.05) is 6.07 Å². The lowest BCUT2D eigenvalue weighted by Crippen LogP contribution is -2.39. The van der Waals surface area contributed by atoms with E-state index in [0.717, 1.165) is 12.8 Å². The minimum atomic E-state index is -0.110. The van der Waals surface area contributed by atoms with Crippen molar-refractivity contribution in [2.24, 2.45) is 5.92 Å². The van der Waals surface area contributed by atoms with E-state index >= 15 is 0 Å². The lowest BCUT2D eigenvalue weighted by atomic mass is 9.99. The molecule has 0 bridgehead atoms. The summed E-state index contributed by atoms with van der Waals surface area (Å²) in [5.74, 6) is -0.0875. The summed E-state index contributed by atoms with van der Waals surface area (Å²) in [6, 6.07) is 8.52. The summed E-state index contributed by atoms with van der Waals surface area (Å²) in [7, 11) is 0. The summed E-state index contributed by atoms with van der Waals surface area (Å²) in [5, 5.41) is 18.2. The van der Waals surface area contributed by atoms with Crippen molar-refractivity contribution in [3.05, 3.63) is 29.8 Å². The number of piperidine rings is 1. The Morgan fingerprint density at radius 3 is 3.06 bits per heavy atom. The van der Waals surface area contributed by atoms with E-state index in [4.69, 9.17) is 5.26 Å². The van der Waals surface area contributed by atoms with Gasteiger partial charge in [0.25, 0.3) is 5.91 Å². The van der Waals surface area contributed by atoms with E-state index in [1.807, 2.05) is 0 Å². The van der Waals surface area contributed by atoms with Crippen LogP contribution in [0.15, 0.2) is 24.3 Å². The number of nitrogens with zero attached hydrogens (tertiary/aromatic N) is 2. The van der Waals surface area contributed by atoms with E-state index in [1.165, 1.54) is 12.1 Å². The first-order valence-corrected chi connectivity index (χ1v) is 5.68. The maximum absolute atomic E-state index is 12.1. The van der Waals surface area contributed by atoms with Crippen LogP contribution in [0.1, 0.15) is 23.2 Å². The topological polar surface area (TPSA) is 64.3 Å². The summed E-state index contributed by atoms with van der Waals surface area (Å²) >= 11 is 0. The van der Waals surface area contributed by atoms with Gasteiger partial charge in [0.05, 0.1) is 12.0 Å². The molecule has 4 nitrogen and oxygen atoms in total. The highest BCUT2D eigenvalue weighted by Gasteiger charge is 2.24. The second-order valence-corrected chi connectivity index (χ2v) is 4.27. The third kappa shape index (κ3) is 2.56. The highest BCUT2D eigenvalue weighted by molar-refractivity contribution is 5.94. The molecule has 1 atom stereocenters. The fourth-order valence-corrected chi connectivity index (χ4v) is 2.09. The van der Waals surface area contributed by atoms with Gasteiger partial charge >= 0.3 is 0 Å². The molecule has 4 heteroatoms. The SMILES string of the molecule is N#CC1CCCN(C(=O)c2cccc(O)c2)C1. The molecule has 0 aromatic heterocycles. The van der Waals surface area contributed by atoms with Crippen LogP contribution < -0.4 is 0 Å². The largest absolute Gasteiger partial charge is 0.508 e. The third-order valence-corrected chi connectivity index (χ3v) is 2.98. The minimum Gasteiger partial charge on any atom is -0.508 e. The number of carbonyl (C=O) groups is 1. The molecule has 88 valence electrons. The van der Waals surface area contributed by atoms with Crippen molar-refractivity contribution in [3.63, 3.8) is 0 Å². The number of benzene rings is 1. The van der Waals surface area contributed by atoms with Crippen LogP contribution in [0, 0.1) is 17.2 Å². The van der Waals surface area contributed by atoms with E-state index in [0.29, 0.717) is 18.7 Å². The zero-order valence-corrected chi connectivity index (χ0v) is 9.47. The standard InChI is InChI=1S/C13H14N2O2/c14-8-10-3-2-6-15(9-10)13(17)11-4-1-5-12(16)7-11/h1,4-5,7,10,16H,2-3,6,9H2. The fraction of sp³-hybridized carbons (Fsp3) is 0.385. The van der Waals surface area contributed by atoms with Gasteiger partial charge in [-0.3, -0.25) is 4.79 Å². The van der Waals surface area contributed by atoms with Crippen molar-refractivity contribution in [1.29, 1.82) is 5.26 Å². The number of phenolic OH excluding ortho intramolecular Hbond substituents is 1. The van der Waals surface area contributed by atoms with E-state index in [2.05, 4.69) is 6.07 Å². The summed E-state index contributed by atoms with van der Waals surface area (Å²) < 4.78 is 0. The van der Waals surface area contributed by atoms with Gasteiger partial charge < -0.3 is 10.0 Å². The Hall–Kier alpha value is -2.02. The Morgan fingerprint density at radius 2 is 2.35 bits per heavy atom. The van der Waals surface area contributed by atoms with Crippen LogP contribution in [0.25, 0.3) is 0 Å². The first-order valence-electron chi connectivity index (χ1n) is 5.68. The maximum Gasteiger partial charge on any atom is 0.254 e. The van der Waals surface area contributed by atoms with Gasteiger partial charge in [0.2, 0.25) is 0 Å². The molecule has 0 radical (unpaired) electrons. The van der Waals surface area contributed by atoms with Crippen molar-refractivity contribution >= 4 is 5.91 Å². The van der Waals surface area contributed by atoms with Gasteiger partial charge in [-0.2, -0.15) is 5.26 Å². The fourth-order valence-electron chi connectivity index (χ4n) is 2.09. The molecule has 1 saturated heterocycles. The average Bonchev–Trinajstić information content (AvgIpc) is 2.38. The molecule has 2 rings (SSSR count).